The molecule has 2 amide bonds. The van der Waals surface area contributed by atoms with Crippen LogP contribution in [0.4, 0.5) is 0 Å². The highest BCUT2D eigenvalue weighted by molar-refractivity contribution is 5.95. The van der Waals surface area contributed by atoms with E-state index in [4.69, 9.17) is 9.90 Å². The molecule has 0 spiro atoms. The van der Waals surface area contributed by atoms with Crippen molar-refractivity contribution >= 4 is 24.1 Å². The summed E-state index contributed by atoms with van der Waals surface area (Å²) < 4.78 is 3.25. The van der Waals surface area contributed by atoms with E-state index in [0.717, 1.165) is 11.4 Å². The number of aliphatic hydroxyl groups excluding tert-OH is 1. The van der Waals surface area contributed by atoms with E-state index in [1.54, 1.807) is 44.4 Å². The van der Waals surface area contributed by atoms with Crippen molar-refractivity contribution in [2.24, 2.45) is 18.4 Å². The number of aliphatic hydroxyl groups is 1. The molecule has 0 radical (unpaired) electrons. The van der Waals surface area contributed by atoms with Crippen molar-refractivity contribution < 1.29 is 24.6 Å². The Balaban J connectivity index is 0.000000868. The van der Waals surface area contributed by atoms with Crippen LogP contribution in [0.2, 0.25) is 0 Å². The number of aromatic nitrogens is 6. The van der Waals surface area contributed by atoms with Crippen LogP contribution in [0.3, 0.4) is 0 Å². The maximum Gasteiger partial charge on any atom is 0.292 e. The highest BCUT2D eigenvalue weighted by atomic mass is 16.3. The predicted molar refractivity (Wildman–Crippen MR) is 117 cm³/mol. The van der Waals surface area contributed by atoms with Gasteiger partial charge in [-0.15, -0.1) is 10.2 Å². The van der Waals surface area contributed by atoms with Gasteiger partial charge in [-0.2, -0.15) is 5.10 Å². The van der Waals surface area contributed by atoms with Crippen LogP contribution in [0.5, 0.6) is 0 Å². The van der Waals surface area contributed by atoms with E-state index in [9.17, 15) is 14.7 Å². The second-order valence-corrected chi connectivity index (χ2v) is 8.72. The number of nitrogens with zero attached hydrogens (tertiary/aromatic N) is 8. The van der Waals surface area contributed by atoms with Crippen molar-refractivity contribution in [2.45, 2.75) is 13.8 Å². The first kappa shape index (κ1) is 23.3. The third kappa shape index (κ3) is 3.77. The van der Waals surface area contributed by atoms with Crippen LogP contribution in [-0.4, -0.2) is 100 Å². The minimum absolute atomic E-state index is 0.0121. The van der Waals surface area contributed by atoms with Crippen molar-refractivity contribution in [1.29, 1.82) is 0 Å². The summed E-state index contributed by atoms with van der Waals surface area (Å²) in [7, 11) is 1.80. The van der Waals surface area contributed by atoms with Gasteiger partial charge in [0, 0.05) is 62.1 Å². The zero-order valence-corrected chi connectivity index (χ0v) is 19.1. The average Bonchev–Trinajstić information content (AvgIpc) is 3.55. The molecule has 5 heterocycles. The molecule has 0 aromatic carbocycles. The quantitative estimate of drug-likeness (QED) is 0.476. The monoisotopic (exact) mass is 470 g/mol. The Labute approximate surface area is 194 Å². The van der Waals surface area contributed by atoms with E-state index in [2.05, 4.69) is 20.3 Å². The van der Waals surface area contributed by atoms with E-state index in [-0.39, 0.29) is 36.6 Å². The molecule has 13 nitrogen and oxygen atoms in total. The van der Waals surface area contributed by atoms with Gasteiger partial charge in [-0.1, -0.05) is 0 Å². The molecule has 2 atom stereocenters. The number of hydrogen-bond donors (Lipinski definition) is 2. The van der Waals surface area contributed by atoms with Crippen LogP contribution in [-0.2, 0) is 11.8 Å². The van der Waals surface area contributed by atoms with Gasteiger partial charge >= 0.3 is 0 Å². The molecule has 0 saturated carbocycles. The largest absolute Gasteiger partial charge is 0.483 e. The smallest absolute Gasteiger partial charge is 0.292 e. The Morgan fingerprint density at radius 1 is 1.18 bits per heavy atom. The maximum atomic E-state index is 13.2. The van der Waals surface area contributed by atoms with Crippen LogP contribution >= 0.6 is 0 Å². The molecular formula is C21H26N8O5. The van der Waals surface area contributed by atoms with Crippen molar-refractivity contribution in [3.05, 3.63) is 41.2 Å². The Bertz CT molecular complexity index is 1250. The number of carbonyl (C=O) groups excluding carboxylic acids is 2. The topological polar surface area (TPSA) is 159 Å². The fraction of sp³-hybridized carbons (Fsp3) is 0.476. The second-order valence-electron chi connectivity index (χ2n) is 8.72. The summed E-state index contributed by atoms with van der Waals surface area (Å²) >= 11 is 0. The summed E-state index contributed by atoms with van der Waals surface area (Å²) in [5.41, 5.74) is 1.62. The first-order valence-corrected chi connectivity index (χ1v) is 10.7. The van der Waals surface area contributed by atoms with E-state index in [1.165, 1.54) is 0 Å². The molecule has 34 heavy (non-hydrogen) atoms. The zero-order chi connectivity index (χ0) is 24.6. The van der Waals surface area contributed by atoms with Gasteiger partial charge in [-0.3, -0.25) is 23.5 Å². The SMILES string of the molecule is Cc1ccn2c(C(=O)N3C[C@H]4CN(C(=O)c5cnn(C)c5C)C[C@@]4(CO)C3)nnc2n1.O=CO. The molecule has 2 saturated heterocycles. The van der Waals surface area contributed by atoms with Crippen molar-refractivity contribution in [3.8, 4) is 0 Å². The third-order valence-corrected chi connectivity index (χ3v) is 6.72. The minimum atomic E-state index is -0.545. The van der Waals surface area contributed by atoms with Crippen LogP contribution in [0.1, 0.15) is 32.4 Å². The Hall–Kier alpha value is -3.87. The summed E-state index contributed by atoms with van der Waals surface area (Å²) in [6.45, 7) is 5.05. The van der Waals surface area contributed by atoms with Gasteiger partial charge in [-0.05, 0) is 19.9 Å². The number of fused-ring (bicyclic) bond motifs is 2. The number of amides is 2. The molecule has 2 fully saturated rings. The van der Waals surface area contributed by atoms with E-state index in [0.29, 0.717) is 37.5 Å². The van der Waals surface area contributed by atoms with Gasteiger partial charge in [0.2, 0.25) is 5.82 Å². The lowest BCUT2D eigenvalue weighted by Gasteiger charge is -2.27. The molecule has 2 N–H and O–H groups in total. The van der Waals surface area contributed by atoms with Crippen LogP contribution in [0, 0.1) is 25.2 Å². The Kier molecular flexibility index (Phi) is 6.04. The molecule has 3 aromatic heterocycles. The van der Waals surface area contributed by atoms with E-state index < -0.39 is 5.41 Å². The molecule has 0 aliphatic carbocycles. The third-order valence-electron chi connectivity index (χ3n) is 6.72. The lowest BCUT2D eigenvalue weighted by molar-refractivity contribution is -0.122. The lowest BCUT2D eigenvalue weighted by Crippen LogP contribution is -2.41. The fourth-order valence-corrected chi connectivity index (χ4v) is 4.75. The summed E-state index contributed by atoms with van der Waals surface area (Å²) in [4.78, 5) is 42.3. The molecule has 3 aromatic rings. The molecule has 2 aliphatic rings. The van der Waals surface area contributed by atoms with E-state index >= 15 is 0 Å². The van der Waals surface area contributed by atoms with Crippen LogP contribution < -0.4 is 0 Å². The first-order chi connectivity index (χ1) is 16.2. The van der Waals surface area contributed by atoms with E-state index in [1.807, 2.05) is 13.8 Å². The number of rotatable bonds is 3. The first-order valence-electron chi connectivity index (χ1n) is 10.7. The number of hydrogen-bond acceptors (Lipinski definition) is 8. The molecule has 0 bridgehead atoms. The molecule has 2 aliphatic heterocycles. The average molecular weight is 470 g/mol. The van der Waals surface area contributed by atoms with Gasteiger partial charge in [0.05, 0.1) is 18.4 Å². The summed E-state index contributed by atoms with van der Waals surface area (Å²) in [5.74, 6) is 0.233. The van der Waals surface area contributed by atoms with Gasteiger partial charge in [0.15, 0.2) is 0 Å². The normalized spacial score (nSPS) is 21.4. The molecule has 13 heteroatoms. The maximum absolute atomic E-state index is 13.2. The molecular weight excluding hydrogens is 444 g/mol. The second kappa shape index (κ2) is 8.82. The van der Waals surface area contributed by atoms with Gasteiger partial charge < -0.3 is 20.0 Å². The van der Waals surface area contributed by atoms with Gasteiger partial charge in [0.25, 0.3) is 24.1 Å². The fourth-order valence-electron chi connectivity index (χ4n) is 4.75. The van der Waals surface area contributed by atoms with Crippen molar-refractivity contribution in [1.82, 2.24) is 39.2 Å². The number of carbonyl (C=O) groups is 3. The number of likely N-dealkylation sites (tertiary alicyclic amines) is 2. The van der Waals surface area contributed by atoms with Crippen LogP contribution in [0.15, 0.2) is 18.5 Å². The summed E-state index contributed by atoms with van der Waals surface area (Å²) in [6.07, 6.45) is 3.32. The number of aryl methyl sites for hydroxylation is 2. The highest BCUT2D eigenvalue weighted by Crippen LogP contribution is 2.43. The van der Waals surface area contributed by atoms with Crippen molar-refractivity contribution in [3.63, 3.8) is 0 Å². The Morgan fingerprint density at radius 2 is 1.82 bits per heavy atom. The van der Waals surface area contributed by atoms with Gasteiger partial charge in [0.1, 0.15) is 0 Å². The zero-order valence-electron chi connectivity index (χ0n) is 19.1. The Morgan fingerprint density at radius 3 is 2.38 bits per heavy atom. The lowest BCUT2D eigenvalue weighted by atomic mass is 9.82. The summed E-state index contributed by atoms with van der Waals surface area (Å²) in [6, 6.07) is 1.80. The molecule has 180 valence electrons. The minimum Gasteiger partial charge on any atom is -0.483 e. The predicted octanol–water partition coefficient (Wildman–Crippen LogP) is -0.618. The standard InChI is InChI=1S/C20H24N8O3.CH2O2/c1-12-4-5-28-16(23-24-19(28)22-12)18(31)27-8-14-7-26(9-20(14,10-27)11-29)17(30)15-6-21-25(3)13(15)2;2-1-3/h4-6,14,29H,7-11H2,1-3H3;1H,(H,2,3)/t14-,20+;/m1./s1. The highest BCUT2D eigenvalue weighted by Gasteiger charge is 2.54. The molecule has 0 unspecified atom stereocenters. The molecule has 5 rings (SSSR count). The number of carboxylic acid groups (broad SMARTS) is 1. The summed E-state index contributed by atoms with van der Waals surface area (Å²) in [5, 5.41) is 29.3. The van der Waals surface area contributed by atoms with Crippen molar-refractivity contribution in [2.75, 3.05) is 32.8 Å². The van der Waals surface area contributed by atoms with Crippen LogP contribution in [0.25, 0.3) is 5.78 Å². The van der Waals surface area contributed by atoms with Gasteiger partial charge in [-0.25, -0.2) is 4.98 Å².